The van der Waals surface area contributed by atoms with Crippen LogP contribution in [0.25, 0.3) is 0 Å². The predicted molar refractivity (Wildman–Crippen MR) is 45.5 cm³/mol. The maximum atomic E-state index is 5.55. The number of nitrogens with one attached hydrogen (secondary N) is 1. The molecule has 1 aliphatic rings. The quantitative estimate of drug-likeness (QED) is 0.612. The standard InChI is InChI=1S/C8H18N2O/c9-4-7-11-8-2-1-5-10-6-3-8/h8,10H,1-7,9H2. The molecule has 1 aliphatic heterocycles. The van der Waals surface area contributed by atoms with Crippen LogP contribution in [0.5, 0.6) is 0 Å². The van der Waals surface area contributed by atoms with Gasteiger partial charge in [-0.2, -0.15) is 0 Å². The van der Waals surface area contributed by atoms with Crippen LogP contribution in [0.2, 0.25) is 0 Å². The van der Waals surface area contributed by atoms with Gasteiger partial charge < -0.3 is 15.8 Å². The smallest absolute Gasteiger partial charge is 0.0592 e. The minimum Gasteiger partial charge on any atom is -0.377 e. The third-order valence-electron chi connectivity index (χ3n) is 1.99. The van der Waals surface area contributed by atoms with E-state index in [9.17, 15) is 0 Å². The second-order valence-electron chi connectivity index (χ2n) is 2.96. The molecule has 3 N–H and O–H groups in total. The van der Waals surface area contributed by atoms with Gasteiger partial charge in [0.1, 0.15) is 0 Å². The van der Waals surface area contributed by atoms with Crippen molar-refractivity contribution in [1.82, 2.24) is 5.32 Å². The van der Waals surface area contributed by atoms with Gasteiger partial charge in [0.15, 0.2) is 0 Å². The van der Waals surface area contributed by atoms with Crippen molar-refractivity contribution in [1.29, 1.82) is 0 Å². The Bertz CT molecular complexity index is 90.1. The second-order valence-corrected chi connectivity index (χ2v) is 2.96. The Kier molecular flexibility index (Phi) is 4.50. The van der Waals surface area contributed by atoms with Gasteiger partial charge in [0.25, 0.3) is 0 Å². The zero-order chi connectivity index (χ0) is 7.94. The zero-order valence-electron chi connectivity index (χ0n) is 7.01. The summed E-state index contributed by atoms with van der Waals surface area (Å²) < 4.78 is 5.55. The summed E-state index contributed by atoms with van der Waals surface area (Å²) in [7, 11) is 0. The Morgan fingerprint density at radius 2 is 2.27 bits per heavy atom. The fourth-order valence-corrected chi connectivity index (χ4v) is 1.39. The Labute approximate surface area is 68.3 Å². The molecule has 11 heavy (non-hydrogen) atoms. The lowest BCUT2D eigenvalue weighted by atomic mass is 10.2. The van der Waals surface area contributed by atoms with Crippen molar-refractivity contribution in [2.75, 3.05) is 26.2 Å². The maximum Gasteiger partial charge on any atom is 0.0592 e. The highest BCUT2D eigenvalue weighted by Crippen LogP contribution is 2.08. The van der Waals surface area contributed by atoms with E-state index in [0.29, 0.717) is 19.3 Å². The van der Waals surface area contributed by atoms with Gasteiger partial charge >= 0.3 is 0 Å². The molecule has 0 saturated carbocycles. The van der Waals surface area contributed by atoms with E-state index in [-0.39, 0.29) is 0 Å². The van der Waals surface area contributed by atoms with Gasteiger partial charge in [-0.25, -0.2) is 0 Å². The number of hydrogen-bond donors (Lipinski definition) is 2. The van der Waals surface area contributed by atoms with Gasteiger partial charge in [-0.1, -0.05) is 0 Å². The highest BCUT2D eigenvalue weighted by atomic mass is 16.5. The molecule has 1 fully saturated rings. The summed E-state index contributed by atoms with van der Waals surface area (Å²) in [6, 6.07) is 0. The minimum atomic E-state index is 0.452. The van der Waals surface area contributed by atoms with Crippen molar-refractivity contribution in [3.8, 4) is 0 Å². The normalized spacial score (nSPS) is 26.5. The molecule has 0 aliphatic carbocycles. The molecule has 1 atom stereocenters. The Morgan fingerprint density at radius 3 is 3.09 bits per heavy atom. The van der Waals surface area contributed by atoms with Crippen LogP contribution in [0.3, 0.4) is 0 Å². The van der Waals surface area contributed by atoms with Crippen molar-refractivity contribution >= 4 is 0 Å². The van der Waals surface area contributed by atoms with E-state index < -0.39 is 0 Å². The molecule has 0 aromatic heterocycles. The van der Waals surface area contributed by atoms with Crippen LogP contribution in [0.1, 0.15) is 19.3 Å². The molecular weight excluding hydrogens is 140 g/mol. The molecular formula is C8H18N2O. The van der Waals surface area contributed by atoms with E-state index in [4.69, 9.17) is 10.5 Å². The Morgan fingerprint density at radius 1 is 1.36 bits per heavy atom. The molecule has 66 valence electrons. The second kappa shape index (κ2) is 5.52. The average Bonchev–Trinajstić information content (AvgIpc) is 2.28. The van der Waals surface area contributed by atoms with E-state index in [2.05, 4.69) is 5.32 Å². The first-order chi connectivity index (χ1) is 5.43. The molecule has 0 bridgehead atoms. The lowest BCUT2D eigenvalue weighted by Gasteiger charge is -2.13. The van der Waals surface area contributed by atoms with Crippen LogP contribution in [0, 0.1) is 0 Å². The summed E-state index contributed by atoms with van der Waals surface area (Å²) in [6.45, 7) is 3.59. The molecule has 1 saturated heterocycles. The summed E-state index contributed by atoms with van der Waals surface area (Å²) >= 11 is 0. The van der Waals surface area contributed by atoms with Gasteiger partial charge in [0.2, 0.25) is 0 Å². The topological polar surface area (TPSA) is 47.3 Å². The monoisotopic (exact) mass is 158 g/mol. The highest BCUT2D eigenvalue weighted by Gasteiger charge is 2.10. The van der Waals surface area contributed by atoms with E-state index in [1.54, 1.807) is 0 Å². The van der Waals surface area contributed by atoms with E-state index in [1.807, 2.05) is 0 Å². The molecule has 0 spiro atoms. The van der Waals surface area contributed by atoms with Gasteiger partial charge in [0, 0.05) is 6.54 Å². The maximum absolute atomic E-state index is 5.55. The van der Waals surface area contributed by atoms with Crippen LogP contribution in [-0.2, 0) is 4.74 Å². The number of nitrogens with two attached hydrogens (primary N) is 1. The molecule has 1 unspecified atom stereocenters. The third-order valence-corrected chi connectivity index (χ3v) is 1.99. The molecule has 3 heteroatoms. The zero-order valence-corrected chi connectivity index (χ0v) is 7.01. The fraction of sp³-hybridized carbons (Fsp3) is 1.00. The van der Waals surface area contributed by atoms with Crippen molar-refractivity contribution in [3.05, 3.63) is 0 Å². The molecule has 0 amide bonds. The summed E-state index contributed by atoms with van der Waals surface area (Å²) in [4.78, 5) is 0. The van der Waals surface area contributed by atoms with Gasteiger partial charge in [-0.15, -0.1) is 0 Å². The van der Waals surface area contributed by atoms with E-state index in [1.165, 1.54) is 12.8 Å². The SMILES string of the molecule is NCCOC1CCCNCC1. The lowest BCUT2D eigenvalue weighted by Crippen LogP contribution is -2.20. The van der Waals surface area contributed by atoms with Crippen molar-refractivity contribution in [2.45, 2.75) is 25.4 Å². The van der Waals surface area contributed by atoms with E-state index in [0.717, 1.165) is 19.5 Å². The summed E-state index contributed by atoms with van der Waals surface area (Å²) in [5, 5.41) is 3.34. The first-order valence-corrected chi connectivity index (χ1v) is 4.46. The fourth-order valence-electron chi connectivity index (χ4n) is 1.39. The van der Waals surface area contributed by atoms with Crippen LogP contribution in [-0.4, -0.2) is 32.3 Å². The number of rotatable bonds is 3. The van der Waals surface area contributed by atoms with E-state index >= 15 is 0 Å². The van der Waals surface area contributed by atoms with Crippen LogP contribution in [0.4, 0.5) is 0 Å². The average molecular weight is 158 g/mol. The third kappa shape index (κ3) is 3.70. The van der Waals surface area contributed by atoms with Crippen LogP contribution < -0.4 is 11.1 Å². The lowest BCUT2D eigenvalue weighted by molar-refractivity contribution is 0.0508. The predicted octanol–water partition coefficient (Wildman–Crippen LogP) is 0.104. The van der Waals surface area contributed by atoms with Crippen molar-refractivity contribution in [3.63, 3.8) is 0 Å². The molecule has 1 rings (SSSR count). The van der Waals surface area contributed by atoms with Crippen molar-refractivity contribution < 1.29 is 4.74 Å². The van der Waals surface area contributed by atoms with Crippen LogP contribution in [0.15, 0.2) is 0 Å². The minimum absolute atomic E-state index is 0.452. The summed E-state index contributed by atoms with van der Waals surface area (Å²) in [5.74, 6) is 0. The van der Waals surface area contributed by atoms with Gasteiger partial charge in [-0.05, 0) is 32.4 Å². The first-order valence-electron chi connectivity index (χ1n) is 4.46. The Hall–Kier alpha value is -0.120. The number of ether oxygens (including phenoxy) is 1. The largest absolute Gasteiger partial charge is 0.377 e. The van der Waals surface area contributed by atoms with Gasteiger partial charge in [-0.3, -0.25) is 0 Å². The molecule has 0 aromatic carbocycles. The molecule has 0 radical (unpaired) electrons. The number of hydrogen-bond acceptors (Lipinski definition) is 3. The molecule has 1 heterocycles. The summed E-state index contributed by atoms with van der Waals surface area (Å²) in [6.07, 6.45) is 4.01. The van der Waals surface area contributed by atoms with Crippen molar-refractivity contribution in [2.24, 2.45) is 5.73 Å². The van der Waals surface area contributed by atoms with Gasteiger partial charge in [0.05, 0.1) is 12.7 Å². The first kappa shape index (κ1) is 8.97. The molecule has 3 nitrogen and oxygen atoms in total. The highest BCUT2D eigenvalue weighted by molar-refractivity contribution is 4.66. The Balaban J connectivity index is 2.09. The summed E-state index contributed by atoms with van der Waals surface area (Å²) in [5.41, 5.74) is 5.34. The van der Waals surface area contributed by atoms with Crippen LogP contribution >= 0.6 is 0 Å². The molecule has 0 aromatic rings.